The second-order valence-electron chi connectivity index (χ2n) is 4.97. The molecule has 0 aliphatic rings. The molecule has 2 rings (SSSR count). The number of hydrogen-bond acceptors (Lipinski definition) is 4. The molecule has 0 spiro atoms. The number of aliphatic imine (C=N–C) groups is 1. The van der Waals surface area contributed by atoms with Crippen LogP contribution in [0.4, 0.5) is 0 Å². The molecule has 0 saturated heterocycles. The average molecular weight is 418 g/mol. The summed E-state index contributed by atoms with van der Waals surface area (Å²) in [4.78, 5) is 8.50. The molecule has 122 valence electrons. The summed E-state index contributed by atoms with van der Waals surface area (Å²) in [6.07, 6.45) is 0. The van der Waals surface area contributed by atoms with Crippen LogP contribution in [0.15, 0.2) is 19.9 Å². The van der Waals surface area contributed by atoms with Crippen molar-refractivity contribution in [3.63, 3.8) is 0 Å². The molecule has 2 aromatic rings. The van der Waals surface area contributed by atoms with Gasteiger partial charge in [0.15, 0.2) is 5.96 Å². The summed E-state index contributed by atoms with van der Waals surface area (Å²) in [5, 5.41) is 6.42. The van der Waals surface area contributed by atoms with Crippen molar-refractivity contribution in [1.82, 2.24) is 15.6 Å². The third kappa shape index (κ3) is 4.75. The van der Waals surface area contributed by atoms with Crippen molar-refractivity contribution in [3.8, 4) is 0 Å². The number of oxazole rings is 1. The van der Waals surface area contributed by atoms with Crippen molar-refractivity contribution in [3.05, 3.63) is 40.5 Å². The van der Waals surface area contributed by atoms with E-state index in [0.29, 0.717) is 24.9 Å². The number of aromatic nitrogens is 1. The summed E-state index contributed by atoms with van der Waals surface area (Å²) in [5.74, 6) is 4.04. The lowest BCUT2D eigenvalue weighted by atomic mass is 10.2. The number of aryl methyl sites for hydroxylation is 4. The van der Waals surface area contributed by atoms with Crippen LogP contribution >= 0.6 is 24.0 Å². The van der Waals surface area contributed by atoms with Gasteiger partial charge in [0.1, 0.15) is 17.3 Å². The molecule has 0 aliphatic heterocycles. The zero-order valence-corrected chi connectivity index (χ0v) is 15.9. The molecule has 2 N–H and O–H groups in total. The Labute approximate surface area is 147 Å². The minimum absolute atomic E-state index is 0. The quantitative estimate of drug-likeness (QED) is 0.454. The number of nitrogens with one attached hydrogen (secondary N) is 2. The van der Waals surface area contributed by atoms with E-state index in [9.17, 15) is 0 Å². The summed E-state index contributed by atoms with van der Waals surface area (Å²) in [7, 11) is 1.73. The minimum Gasteiger partial charge on any atom is -0.466 e. The Morgan fingerprint density at radius 3 is 2.27 bits per heavy atom. The molecule has 7 heteroatoms. The van der Waals surface area contributed by atoms with Crippen LogP contribution in [0.25, 0.3) is 0 Å². The highest BCUT2D eigenvalue weighted by Gasteiger charge is 2.08. The highest BCUT2D eigenvalue weighted by molar-refractivity contribution is 14.0. The molecule has 0 bridgehead atoms. The van der Waals surface area contributed by atoms with E-state index in [1.807, 2.05) is 33.8 Å². The largest absolute Gasteiger partial charge is 0.466 e. The van der Waals surface area contributed by atoms with Gasteiger partial charge in [-0.05, 0) is 33.8 Å². The molecule has 2 aromatic heterocycles. The molecule has 0 aromatic carbocycles. The minimum atomic E-state index is 0. The molecule has 0 aliphatic carbocycles. The van der Waals surface area contributed by atoms with Crippen LogP contribution < -0.4 is 10.6 Å². The van der Waals surface area contributed by atoms with E-state index in [4.69, 9.17) is 8.83 Å². The van der Waals surface area contributed by atoms with Gasteiger partial charge in [-0.1, -0.05) is 0 Å². The first-order chi connectivity index (χ1) is 9.99. The van der Waals surface area contributed by atoms with Crippen LogP contribution in [0.2, 0.25) is 0 Å². The maximum atomic E-state index is 5.52. The summed E-state index contributed by atoms with van der Waals surface area (Å²) in [5.41, 5.74) is 2.04. The molecular weight excluding hydrogens is 395 g/mol. The fraction of sp³-hybridized carbons (Fsp3) is 0.467. The van der Waals surface area contributed by atoms with E-state index in [2.05, 4.69) is 20.6 Å². The highest BCUT2D eigenvalue weighted by Crippen LogP contribution is 2.13. The molecule has 0 fully saturated rings. The first kappa shape index (κ1) is 18.5. The van der Waals surface area contributed by atoms with Crippen LogP contribution in [0.5, 0.6) is 0 Å². The van der Waals surface area contributed by atoms with E-state index in [1.54, 1.807) is 7.05 Å². The van der Waals surface area contributed by atoms with Gasteiger partial charge < -0.3 is 19.5 Å². The van der Waals surface area contributed by atoms with Crippen molar-refractivity contribution >= 4 is 29.9 Å². The fourth-order valence-corrected chi connectivity index (χ4v) is 2.03. The Morgan fingerprint density at radius 1 is 1.09 bits per heavy atom. The Morgan fingerprint density at radius 2 is 1.77 bits per heavy atom. The van der Waals surface area contributed by atoms with Gasteiger partial charge in [0.2, 0.25) is 5.89 Å². The highest BCUT2D eigenvalue weighted by atomic mass is 127. The molecule has 0 atom stereocenters. The number of halogens is 1. The van der Waals surface area contributed by atoms with Crippen molar-refractivity contribution in [2.24, 2.45) is 4.99 Å². The van der Waals surface area contributed by atoms with Gasteiger partial charge in [0.05, 0.1) is 12.2 Å². The lowest BCUT2D eigenvalue weighted by Gasteiger charge is -2.10. The van der Waals surface area contributed by atoms with Crippen molar-refractivity contribution in [1.29, 1.82) is 0 Å². The summed E-state index contributed by atoms with van der Waals surface area (Å²) in [6, 6.07) is 2.02. The zero-order valence-electron chi connectivity index (χ0n) is 13.6. The molecule has 22 heavy (non-hydrogen) atoms. The Kier molecular flexibility index (Phi) is 6.92. The lowest BCUT2D eigenvalue weighted by molar-refractivity contribution is 0.463. The first-order valence-electron chi connectivity index (χ1n) is 6.93. The number of rotatable bonds is 4. The average Bonchev–Trinajstić information content (AvgIpc) is 2.92. The monoisotopic (exact) mass is 418 g/mol. The molecule has 0 unspecified atom stereocenters. The van der Waals surface area contributed by atoms with Crippen LogP contribution in [0.1, 0.15) is 34.4 Å². The number of hydrogen-bond donors (Lipinski definition) is 2. The second-order valence-corrected chi connectivity index (χ2v) is 4.97. The van der Waals surface area contributed by atoms with E-state index in [-0.39, 0.29) is 24.0 Å². The number of furan rings is 1. The third-order valence-electron chi connectivity index (χ3n) is 3.29. The molecular formula is C15H23IN4O2. The van der Waals surface area contributed by atoms with Crippen LogP contribution in [-0.4, -0.2) is 18.0 Å². The van der Waals surface area contributed by atoms with Crippen molar-refractivity contribution in [2.45, 2.75) is 40.8 Å². The molecule has 0 radical (unpaired) electrons. The lowest BCUT2D eigenvalue weighted by Crippen LogP contribution is -2.36. The van der Waals surface area contributed by atoms with Gasteiger partial charge in [-0.25, -0.2) is 4.98 Å². The van der Waals surface area contributed by atoms with E-state index < -0.39 is 0 Å². The Hall–Kier alpha value is -1.51. The second kappa shape index (κ2) is 8.21. The van der Waals surface area contributed by atoms with Gasteiger partial charge in [0, 0.05) is 19.2 Å². The van der Waals surface area contributed by atoms with Crippen LogP contribution in [0.3, 0.4) is 0 Å². The zero-order chi connectivity index (χ0) is 15.4. The van der Waals surface area contributed by atoms with Crippen molar-refractivity contribution in [2.75, 3.05) is 7.05 Å². The predicted octanol–water partition coefficient (Wildman–Crippen LogP) is 2.98. The van der Waals surface area contributed by atoms with Gasteiger partial charge in [-0.2, -0.15) is 0 Å². The predicted molar refractivity (Wildman–Crippen MR) is 96.6 cm³/mol. The van der Waals surface area contributed by atoms with Gasteiger partial charge in [0.25, 0.3) is 0 Å². The van der Waals surface area contributed by atoms with Crippen molar-refractivity contribution < 1.29 is 8.83 Å². The molecule has 6 nitrogen and oxygen atoms in total. The SMILES string of the molecule is CN=C(NCc1nc(C)c(C)o1)NCc1cc(C)oc1C.I. The van der Waals surface area contributed by atoms with E-state index in [1.165, 1.54) is 0 Å². The molecule has 0 amide bonds. The van der Waals surface area contributed by atoms with E-state index in [0.717, 1.165) is 28.5 Å². The maximum Gasteiger partial charge on any atom is 0.214 e. The van der Waals surface area contributed by atoms with Crippen LogP contribution in [0, 0.1) is 27.7 Å². The maximum absolute atomic E-state index is 5.52. The summed E-state index contributed by atoms with van der Waals surface area (Å²) < 4.78 is 11.0. The summed E-state index contributed by atoms with van der Waals surface area (Å²) in [6.45, 7) is 8.89. The molecule has 2 heterocycles. The smallest absolute Gasteiger partial charge is 0.214 e. The first-order valence-corrected chi connectivity index (χ1v) is 6.93. The Bertz CT molecular complexity index is 627. The van der Waals surface area contributed by atoms with Gasteiger partial charge in [-0.15, -0.1) is 24.0 Å². The summed E-state index contributed by atoms with van der Waals surface area (Å²) >= 11 is 0. The fourth-order valence-electron chi connectivity index (χ4n) is 2.03. The Balaban J connectivity index is 0.00000242. The normalized spacial score (nSPS) is 11.2. The number of nitrogens with zero attached hydrogens (tertiary/aromatic N) is 2. The topological polar surface area (TPSA) is 75.6 Å². The molecule has 0 saturated carbocycles. The standard InChI is InChI=1S/C15H22N4O2.HI/c1-9-6-13(12(4)20-9)7-17-15(16-5)18-8-14-19-10(2)11(3)21-14;/h6H,7-8H2,1-5H3,(H2,16,17,18);1H. The third-order valence-corrected chi connectivity index (χ3v) is 3.29. The van der Waals surface area contributed by atoms with Crippen LogP contribution in [-0.2, 0) is 13.1 Å². The van der Waals surface area contributed by atoms with E-state index >= 15 is 0 Å². The van der Waals surface area contributed by atoms with Gasteiger partial charge in [-0.3, -0.25) is 4.99 Å². The van der Waals surface area contributed by atoms with Gasteiger partial charge >= 0.3 is 0 Å². The number of guanidine groups is 1.